The third kappa shape index (κ3) is 3.60. The van der Waals surface area contributed by atoms with Crippen LogP contribution in [0.3, 0.4) is 0 Å². The monoisotopic (exact) mass is 427 g/mol. The van der Waals surface area contributed by atoms with Gasteiger partial charge in [-0.05, 0) is 37.1 Å². The molecule has 0 N–H and O–H groups in total. The van der Waals surface area contributed by atoms with Gasteiger partial charge in [-0.2, -0.15) is 0 Å². The second-order valence-electron chi connectivity index (χ2n) is 7.90. The van der Waals surface area contributed by atoms with E-state index >= 15 is 0 Å². The summed E-state index contributed by atoms with van der Waals surface area (Å²) in [5.41, 5.74) is 2.15. The van der Waals surface area contributed by atoms with Gasteiger partial charge < -0.3 is 4.90 Å². The highest BCUT2D eigenvalue weighted by molar-refractivity contribution is 6.09. The van der Waals surface area contributed by atoms with Gasteiger partial charge in [-0.15, -0.1) is 10.2 Å². The third-order valence-corrected chi connectivity index (χ3v) is 6.01. The van der Waals surface area contributed by atoms with Crippen molar-refractivity contribution >= 4 is 22.8 Å². The number of piperidine rings is 1. The Hall–Kier alpha value is -4.07. The molecule has 0 radical (unpaired) electrons. The average molecular weight is 427 g/mol. The standard InChI is InChI=1S/C24H21N5O3/c30-23(17-6-2-1-3-7-17)19-9-10-20(21(16-19)29(31)32)27-14-11-18(12-15-27)24-26-25-22-8-4-5-13-28(22)24/h1-10,13,16,18H,11-12,14-15H2. The van der Waals surface area contributed by atoms with Gasteiger partial charge in [0.25, 0.3) is 5.69 Å². The molecular weight excluding hydrogens is 406 g/mol. The summed E-state index contributed by atoms with van der Waals surface area (Å²) in [6.45, 7) is 1.33. The van der Waals surface area contributed by atoms with Crippen molar-refractivity contribution in [2.24, 2.45) is 0 Å². The van der Waals surface area contributed by atoms with Crippen molar-refractivity contribution in [3.05, 3.63) is 100.0 Å². The van der Waals surface area contributed by atoms with Crippen LogP contribution in [0.4, 0.5) is 11.4 Å². The van der Waals surface area contributed by atoms with E-state index in [0.29, 0.717) is 29.9 Å². The number of carbonyl (C=O) groups excluding carboxylic acids is 1. The number of fused-ring (bicyclic) bond motifs is 1. The van der Waals surface area contributed by atoms with Crippen molar-refractivity contribution in [2.75, 3.05) is 18.0 Å². The number of nitrogens with zero attached hydrogens (tertiary/aromatic N) is 5. The maximum absolute atomic E-state index is 12.7. The van der Waals surface area contributed by atoms with Crippen LogP contribution in [0, 0.1) is 10.1 Å². The Morgan fingerprint density at radius 1 is 0.938 bits per heavy atom. The first kappa shape index (κ1) is 19.9. The molecule has 8 nitrogen and oxygen atoms in total. The topological polar surface area (TPSA) is 93.6 Å². The molecule has 4 aromatic rings. The number of aromatic nitrogens is 3. The lowest BCUT2D eigenvalue weighted by molar-refractivity contribution is -0.384. The summed E-state index contributed by atoms with van der Waals surface area (Å²) in [7, 11) is 0. The fourth-order valence-corrected chi connectivity index (χ4v) is 4.35. The fourth-order valence-electron chi connectivity index (χ4n) is 4.35. The number of ketones is 1. The average Bonchev–Trinajstić information content (AvgIpc) is 3.28. The second-order valence-corrected chi connectivity index (χ2v) is 7.90. The van der Waals surface area contributed by atoms with Crippen LogP contribution >= 0.6 is 0 Å². The number of anilines is 1. The number of rotatable bonds is 5. The Morgan fingerprint density at radius 2 is 1.69 bits per heavy atom. The number of hydrogen-bond acceptors (Lipinski definition) is 6. The molecule has 0 unspecified atom stereocenters. The van der Waals surface area contributed by atoms with Gasteiger partial charge in [0.15, 0.2) is 11.4 Å². The minimum atomic E-state index is -0.408. The lowest BCUT2D eigenvalue weighted by Crippen LogP contribution is -2.33. The number of carbonyl (C=O) groups is 1. The highest BCUT2D eigenvalue weighted by atomic mass is 16.6. The number of pyridine rings is 1. The predicted octanol–water partition coefficient (Wildman–Crippen LogP) is 4.25. The van der Waals surface area contributed by atoms with Gasteiger partial charge in [-0.25, -0.2) is 0 Å². The molecule has 0 atom stereocenters. The normalized spacial score (nSPS) is 14.6. The Morgan fingerprint density at radius 3 is 2.44 bits per heavy atom. The molecule has 0 aliphatic carbocycles. The van der Waals surface area contributed by atoms with E-state index in [4.69, 9.17) is 0 Å². The van der Waals surface area contributed by atoms with Crippen molar-refractivity contribution in [1.29, 1.82) is 0 Å². The van der Waals surface area contributed by atoms with Crippen LogP contribution < -0.4 is 4.90 Å². The Balaban J connectivity index is 1.37. The van der Waals surface area contributed by atoms with E-state index < -0.39 is 4.92 Å². The molecule has 5 rings (SSSR count). The van der Waals surface area contributed by atoms with Crippen LogP contribution in [0.5, 0.6) is 0 Å². The summed E-state index contributed by atoms with van der Waals surface area (Å²) in [5.74, 6) is 0.942. The molecule has 3 heterocycles. The van der Waals surface area contributed by atoms with E-state index in [9.17, 15) is 14.9 Å². The van der Waals surface area contributed by atoms with Crippen molar-refractivity contribution in [3.8, 4) is 0 Å². The van der Waals surface area contributed by atoms with E-state index in [1.807, 2.05) is 39.8 Å². The Labute approximate surface area is 184 Å². The molecule has 160 valence electrons. The molecule has 32 heavy (non-hydrogen) atoms. The maximum atomic E-state index is 12.7. The summed E-state index contributed by atoms with van der Waals surface area (Å²) < 4.78 is 2.01. The van der Waals surface area contributed by atoms with E-state index in [0.717, 1.165) is 24.3 Å². The first-order valence-corrected chi connectivity index (χ1v) is 10.5. The number of nitro benzene ring substituents is 1. The zero-order valence-electron chi connectivity index (χ0n) is 17.3. The van der Waals surface area contributed by atoms with Gasteiger partial charge in [0.1, 0.15) is 11.5 Å². The van der Waals surface area contributed by atoms with Crippen LogP contribution in [0.2, 0.25) is 0 Å². The summed E-state index contributed by atoms with van der Waals surface area (Å²) in [6, 6.07) is 19.4. The highest BCUT2D eigenvalue weighted by Gasteiger charge is 2.28. The van der Waals surface area contributed by atoms with Gasteiger partial charge in [0.05, 0.1) is 4.92 Å². The Bertz CT molecular complexity index is 1290. The van der Waals surface area contributed by atoms with Crippen LogP contribution in [-0.4, -0.2) is 38.4 Å². The molecule has 0 spiro atoms. The third-order valence-electron chi connectivity index (χ3n) is 6.01. The maximum Gasteiger partial charge on any atom is 0.293 e. The summed E-state index contributed by atoms with van der Waals surface area (Å²) in [4.78, 5) is 26.2. The minimum absolute atomic E-state index is 0.0434. The number of benzene rings is 2. The molecule has 1 fully saturated rings. The molecular formula is C24H21N5O3. The predicted molar refractivity (Wildman–Crippen MR) is 120 cm³/mol. The molecule has 1 aliphatic rings. The van der Waals surface area contributed by atoms with Gasteiger partial charge in [0.2, 0.25) is 0 Å². The minimum Gasteiger partial charge on any atom is -0.366 e. The molecule has 0 amide bonds. The zero-order valence-corrected chi connectivity index (χ0v) is 17.3. The second kappa shape index (κ2) is 8.22. The van der Waals surface area contributed by atoms with Crippen molar-refractivity contribution in [3.63, 3.8) is 0 Å². The van der Waals surface area contributed by atoms with E-state index in [2.05, 4.69) is 10.2 Å². The van der Waals surface area contributed by atoms with Crippen molar-refractivity contribution < 1.29 is 9.72 Å². The molecule has 2 aromatic heterocycles. The van der Waals surface area contributed by atoms with Gasteiger partial charge in [0, 0.05) is 42.4 Å². The smallest absolute Gasteiger partial charge is 0.293 e. The van der Waals surface area contributed by atoms with Gasteiger partial charge in [-0.3, -0.25) is 19.3 Å². The first-order valence-electron chi connectivity index (χ1n) is 10.5. The quantitative estimate of drug-likeness (QED) is 0.268. The lowest BCUT2D eigenvalue weighted by Gasteiger charge is -2.32. The summed E-state index contributed by atoms with van der Waals surface area (Å²) >= 11 is 0. The summed E-state index contributed by atoms with van der Waals surface area (Å²) in [5, 5.41) is 20.4. The van der Waals surface area contributed by atoms with Crippen LogP contribution in [0.25, 0.3) is 5.65 Å². The van der Waals surface area contributed by atoms with Gasteiger partial charge >= 0.3 is 0 Å². The van der Waals surface area contributed by atoms with Crippen LogP contribution in [0.1, 0.15) is 40.5 Å². The molecule has 1 saturated heterocycles. The van der Waals surface area contributed by atoms with Crippen molar-refractivity contribution in [2.45, 2.75) is 18.8 Å². The van der Waals surface area contributed by atoms with Crippen LogP contribution in [-0.2, 0) is 0 Å². The molecule has 0 saturated carbocycles. The lowest BCUT2D eigenvalue weighted by atomic mass is 9.95. The first-order chi connectivity index (χ1) is 15.6. The highest BCUT2D eigenvalue weighted by Crippen LogP contribution is 2.35. The van der Waals surface area contributed by atoms with Gasteiger partial charge in [-0.1, -0.05) is 36.4 Å². The molecule has 0 bridgehead atoms. The number of nitro groups is 1. The summed E-state index contributed by atoms with van der Waals surface area (Å²) in [6.07, 6.45) is 3.60. The fraction of sp³-hybridized carbons (Fsp3) is 0.208. The molecule has 2 aromatic carbocycles. The van der Waals surface area contributed by atoms with E-state index in [1.54, 1.807) is 36.4 Å². The van der Waals surface area contributed by atoms with E-state index in [1.165, 1.54) is 6.07 Å². The van der Waals surface area contributed by atoms with Crippen molar-refractivity contribution in [1.82, 2.24) is 14.6 Å². The zero-order chi connectivity index (χ0) is 22.1. The van der Waals surface area contributed by atoms with E-state index in [-0.39, 0.29) is 17.4 Å². The largest absolute Gasteiger partial charge is 0.366 e. The number of hydrogen-bond donors (Lipinski definition) is 0. The SMILES string of the molecule is O=C(c1ccccc1)c1ccc(N2CCC(c3nnc4ccccn34)CC2)c([N+](=O)[O-])c1. The Kier molecular flexibility index (Phi) is 5.10. The molecule has 8 heteroatoms. The molecule has 1 aliphatic heterocycles. The van der Waals surface area contributed by atoms with Crippen LogP contribution in [0.15, 0.2) is 72.9 Å².